The molecule has 1 atom stereocenters. The van der Waals surface area contributed by atoms with E-state index in [0.717, 1.165) is 5.56 Å². The summed E-state index contributed by atoms with van der Waals surface area (Å²) >= 11 is 0. The van der Waals surface area contributed by atoms with Gasteiger partial charge in [0.2, 0.25) is 0 Å². The Morgan fingerprint density at radius 3 is 2.55 bits per heavy atom. The van der Waals surface area contributed by atoms with E-state index in [1.54, 1.807) is 12.4 Å². The summed E-state index contributed by atoms with van der Waals surface area (Å²) in [7, 11) is 0. The fourth-order valence-corrected chi connectivity index (χ4v) is 1.24. The Balaban J connectivity index is 2.15. The first kappa shape index (κ1) is 6.80. The average molecular weight is 149 g/mol. The Morgan fingerprint density at radius 1 is 1.36 bits per heavy atom. The highest BCUT2D eigenvalue weighted by atomic mass is 16.3. The van der Waals surface area contributed by atoms with Crippen LogP contribution in [0.25, 0.3) is 0 Å². The third-order valence-electron chi connectivity index (χ3n) is 2.12. The van der Waals surface area contributed by atoms with Crippen LogP contribution in [-0.2, 0) is 0 Å². The third-order valence-corrected chi connectivity index (χ3v) is 2.12. The number of pyridine rings is 1. The zero-order valence-corrected chi connectivity index (χ0v) is 6.27. The molecular formula is C9H11NO. The van der Waals surface area contributed by atoms with Crippen molar-refractivity contribution in [1.29, 1.82) is 0 Å². The van der Waals surface area contributed by atoms with Gasteiger partial charge >= 0.3 is 0 Å². The van der Waals surface area contributed by atoms with Crippen molar-refractivity contribution in [3.63, 3.8) is 0 Å². The molecule has 0 aromatic carbocycles. The van der Waals surface area contributed by atoms with E-state index in [0.29, 0.717) is 5.92 Å². The molecule has 1 N–H and O–H groups in total. The number of nitrogens with zero attached hydrogens (tertiary/aromatic N) is 1. The number of aliphatic hydroxyl groups excluding tert-OH is 1. The van der Waals surface area contributed by atoms with Gasteiger partial charge in [0.1, 0.15) is 0 Å². The molecule has 0 amide bonds. The predicted octanol–water partition coefficient (Wildman–Crippen LogP) is 1.52. The average Bonchev–Trinajstić information content (AvgIpc) is 2.87. The third kappa shape index (κ3) is 1.40. The molecule has 0 aliphatic heterocycles. The van der Waals surface area contributed by atoms with E-state index in [9.17, 15) is 5.11 Å². The first-order chi connectivity index (χ1) is 5.38. The van der Waals surface area contributed by atoms with E-state index in [-0.39, 0.29) is 6.10 Å². The van der Waals surface area contributed by atoms with E-state index in [1.165, 1.54) is 12.8 Å². The molecule has 1 aromatic rings. The monoisotopic (exact) mass is 149 g/mol. The highest BCUT2D eigenvalue weighted by molar-refractivity contribution is 5.15. The van der Waals surface area contributed by atoms with E-state index in [1.807, 2.05) is 12.1 Å². The minimum atomic E-state index is -0.252. The number of hydrogen-bond donors (Lipinski definition) is 1. The summed E-state index contributed by atoms with van der Waals surface area (Å²) in [6.07, 6.45) is 5.53. The lowest BCUT2D eigenvalue weighted by atomic mass is 10.1. The Kier molecular flexibility index (Phi) is 1.62. The molecule has 1 saturated carbocycles. The maximum absolute atomic E-state index is 9.63. The van der Waals surface area contributed by atoms with Crippen molar-refractivity contribution in [2.24, 2.45) is 5.92 Å². The van der Waals surface area contributed by atoms with Gasteiger partial charge in [-0.15, -0.1) is 0 Å². The first-order valence-electron chi connectivity index (χ1n) is 3.96. The molecule has 2 rings (SSSR count). The summed E-state index contributed by atoms with van der Waals surface area (Å²) in [6, 6.07) is 3.76. The zero-order valence-electron chi connectivity index (χ0n) is 6.27. The molecule has 0 saturated heterocycles. The van der Waals surface area contributed by atoms with Crippen LogP contribution in [0.5, 0.6) is 0 Å². The van der Waals surface area contributed by atoms with Gasteiger partial charge in [-0.3, -0.25) is 4.98 Å². The molecule has 2 nitrogen and oxygen atoms in total. The molecule has 1 heterocycles. The highest BCUT2D eigenvalue weighted by Gasteiger charge is 2.30. The molecule has 1 fully saturated rings. The molecule has 1 unspecified atom stereocenters. The van der Waals surface area contributed by atoms with Crippen molar-refractivity contribution in [3.8, 4) is 0 Å². The van der Waals surface area contributed by atoms with Crippen molar-refractivity contribution >= 4 is 0 Å². The minimum Gasteiger partial charge on any atom is -0.388 e. The lowest BCUT2D eigenvalue weighted by Gasteiger charge is -2.07. The lowest BCUT2D eigenvalue weighted by Crippen LogP contribution is -1.98. The van der Waals surface area contributed by atoms with Crippen molar-refractivity contribution in [1.82, 2.24) is 4.98 Å². The first-order valence-corrected chi connectivity index (χ1v) is 3.96. The van der Waals surface area contributed by atoms with Crippen LogP contribution in [0.2, 0.25) is 0 Å². The summed E-state index contributed by atoms with van der Waals surface area (Å²) in [6.45, 7) is 0. The van der Waals surface area contributed by atoms with Gasteiger partial charge in [0, 0.05) is 12.4 Å². The SMILES string of the molecule is OC(c1ccncc1)C1CC1. The van der Waals surface area contributed by atoms with Crippen LogP contribution in [0.15, 0.2) is 24.5 Å². The molecule has 1 aromatic heterocycles. The molecule has 0 bridgehead atoms. The molecule has 0 spiro atoms. The summed E-state index contributed by atoms with van der Waals surface area (Å²) in [4.78, 5) is 3.90. The fraction of sp³-hybridized carbons (Fsp3) is 0.444. The molecule has 58 valence electrons. The van der Waals surface area contributed by atoms with Crippen LogP contribution in [-0.4, -0.2) is 10.1 Å². The van der Waals surface area contributed by atoms with E-state index in [4.69, 9.17) is 0 Å². The number of hydrogen-bond acceptors (Lipinski definition) is 2. The Bertz CT molecular complexity index is 231. The van der Waals surface area contributed by atoms with Crippen molar-refractivity contribution < 1.29 is 5.11 Å². The van der Waals surface area contributed by atoms with Gasteiger partial charge in [-0.1, -0.05) is 0 Å². The van der Waals surface area contributed by atoms with E-state index in [2.05, 4.69) is 4.98 Å². The van der Waals surface area contributed by atoms with Crippen LogP contribution >= 0.6 is 0 Å². The van der Waals surface area contributed by atoms with E-state index >= 15 is 0 Å². The standard InChI is InChI=1S/C9H11NO/c11-9(7-1-2-7)8-3-5-10-6-4-8/h3-7,9,11H,1-2H2. The largest absolute Gasteiger partial charge is 0.388 e. The molecule has 11 heavy (non-hydrogen) atoms. The minimum absolute atomic E-state index is 0.252. The highest BCUT2D eigenvalue weighted by Crippen LogP contribution is 2.40. The number of aliphatic hydroxyl groups is 1. The van der Waals surface area contributed by atoms with Gasteiger partial charge in [0.15, 0.2) is 0 Å². The van der Waals surface area contributed by atoms with Gasteiger partial charge in [0.05, 0.1) is 6.10 Å². The summed E-state index contributed by atoms with van der Waals surface area (Å²) in [5, 5.41) is 9.63. The zero-order chi connectivity index (χ0) is 7.68. The number of rotatable bonds is 2. The van der Waals surface area contributed by atoms with Crippen molar-refractivity contribution in [2.75, 3.05) is 0 Å². The second-order valence-electron chi connectivity index (χ2n) is 3.06. The van der Waals surface area contributed by atoms with Crippen LogP contribution in [0.3, 0.4) is 0 Å². The van der Waals surface area contributed by atoms with Crippen LogP contribution < -0.4 is 0 Å². The fourth-order valence-electron chi connectivity index (χ4n) is 1.24. The van der Waals surface area contributed by atoms with Gasteiger partial charge in [0.25, 0.3) is 0 Å². The van der Waals surface area contributed by atoms with Crippen LogP contribution in [0.4, 0.5) is 0 Å². The van der Waals surface area contributed by atoms with Gasteiger partial charge in [-0.2, -0.15) is 0 Å². The van der Waals surface area contributed by atoms with Crippen LogP contribution in [0.1, 0.15) is 24.5 Å². The maximum atomic E-state index is 9.63. The Morgan fingerprint density at radius 2 is 2.00 bits per heavy atom. The molecule has 2 heteroatoms. The summed E-state index contributed by atoms with van der Waals surface area (Å²) in [5.74, 6) is 0.511. The summed E-state index contributed by atoms with van der Waals surface area (Å²) in [5.41, 5.74) is 1.00. The Labute approximate surface area is 65.9 Å². The van der Waals surface area contributed by atoms with E-state index < -0.39 is 0 Å². The van der Waals surface area contributed by atoms with Crippen LogP contribution in [0, 0.1) is 5.92 Å². The second kappa shape index (κ2) is 2.62. The molecule has 1 aliphatic rings. The van der Waals surface area contributed by atoms with Gasteiger partial charge in [-0.25, -0.2) is 0 Å². The molecular weight excluding hydrogens is 138 g/mol. The predicted molar refractivity (Wildman–Crippen MR) is 41.9 cm³/mol. The Hall–Kier alpha value is -0.890. The number of aromatic nitrogens is 1. The maximum Gasteiger partial charge on any atom is 0.0819 e. The molecule has 0 radical (unpaired) electrons. The quantitative estimate of drug-likeness (QED) is 0.691. The summed E-state index contributed by atoms with van der Waals surface area (Å²) < 4.78 is 0. The second-order valence-corrected chi connectivity index (χ2v) is 3.06. The van der Waals surface area contributed by atoms with Gasteiger partial charge < -0.3 is 5.11 Å². The lowest BCUT2D eigenvalue weighted by molar-refractivity contribution is 0.153. The molecule has 1 aliphatic carbocycles. The van der Waals surface area contributed by atoms with Gasteiger partial charge in [-0.05, 0) is 36.5 Å². The smallest absolute Gasteiger partial charge is 0.0819 e. The normalized spacial score (nSPS) is 19.7. The van der Waals surface area contributed by atoms with Crippen molar-refractivity contribution in [2.45, 2.75) is 18.9 Å². The van der Waals surface area contributed by atoms with Crippen molar-refractivity contribution in [3.05, 3.63) is 30.1 Å². The topological polar surface area (TPSA) is 33.1 Å².